The van der Waals surface area contributed by atoms with Crippen LogP contribution in [0.1, 0.15) is 33.5 Å². The van der Waals surface area contributed by atoms with E-state index in [2.05, 4.69) is 22.6 Å². The van der Waals surface area contributed by atoms with Crippen LogP contribution in [0, 0.1) is 13.8 Å². The quantitative estimate of drug-likeness (QED) is 0.705. The highest BCUT2D eigenvalue weighted by Gasteiger charge is 2.17. The molecule has 0 spiro atoms. The van der Waals surface area contributed by atoms with Gasteiger partial charge in [0.2, 0.25) is 0 Å². The highest BCUT2D eigenvalue weighted by atomic mass is 32.1. The highest BCUT2D eigenvalue weighted by Crippen LogP contribution is 2.32. The number of ether oxygens (including phenoxy) is 1. The van der Waals surface area contributed by atoms with E-state index in [0.29, 0.717) is 17.2 Å². The molecule has 1 aromatic carbocycles. The van der Waals surface area contributed by atoms with Crippen LogP contribution in [0.2, 0.25) is 0 Å². The van der Waals surface area contributed by atoms with Crippen LogP contribution in [0.5, 0.6) is 0 Å². The van der Waals surface area contributed by atoms with Crippen molar-refractivity contribution in [3.63, 3.8) is 0 Å². The molecule has 0 bridgehead atoms. The fourth-order valence-corrected chi connectivity index (χ4v) is 3.61. The van der Waals surface area contributed by atoms with Gasteiger partial charge in [-0.05, 0) is 39.0 Å². The first kappa shape index (κ1) is 15.5. The molecule has 0 aliphatic heterocycles. The van der Waals surface area contributed by atoms with E-state index in [0.717, 1.165) is 32.7 Å². The molecule has 0 radical (unpaired) electrons. The third kappa shape index (κ3) is 2.68. The molecule has 5 heteroatoms. The minimum Gasteiger partial charge on any atom is -0.462 e. The first-order valence-electron chi connectivity index (χ1n) is 7.44. The Morgan fingerprint density at radius 1 is 1.43 bits per heavy atom. The molecule has 2 aromatic heterocycles. The number of thiazole rings is 1. The van der Waals surface area contributed by atoms with Crippen molar-refractivity contribution in [3.8, 4) is 10.6 Å². The zero-order valence-corrected chi connectivity index (χ0v) is 14.2. The van der Waals surface area contributed by atoms with Gasteiger partial charge in [-0.3, -0.25) is 0 Å². The molecule has 0 unspecified atom stereocenters. The predicted octanol–water partition coefficient (Wildman–Crippen LogP) is 4.73. The number of hydrogen-bond donors (Lipinski definition) is 1. The molecule has 0 amide bonds. The van der Waals surface area contributed by atoms with Crippen molar-refractivity contribution in [1.82, 2.24) is 9.97 Å². The molecule has 1 N–H and O–H groups in total. The number of nitrogens with one attached hydrogen (secondary N) is 1. The van der Waals surface area contributed by atoms with Crippen molar-refractivity contribution in [3.05, 3.63) is 46.6 Å². The van der Waals surface area contributed by atoms with Crippen LogP contribution >= 0.6 is 11.3 Å². The van der Waals surface area contributed by atoms with E-state index in [9.17, 15) is 4.79 Å². The Morgan fingerprint density at radius 2 is 2.22 bits per heavy atom. The predicted molar refractivity (Wildman–Crippen MR) is 94.9 cm³/mol. The number of rotatable bonds is 4. The number of aromatic nitrogens is 2. The van der Waals surface area contributed by atoms with E-state index in [-0.39, 0.29) is 5.97 Å². The second-order valence-electron chi connectivity index (χ2n) is 5.28. The zero-order valence-electron chi connectivity index (χ0n) is 13.4. The first-order valence-corrected chi connectivity index (χ1v) is 8.26. The first-order chi connectivity index (χ1) is 11.0. The van der Waals surface area contributed by atoms with Crippen molar-refractivity contribution < 1.29 is 9.53 Å². The molecule has 0 fully saturated rings. The third-order valence-electron chi connectivity index (χ3n) is 3.74. The van der Waals surface area contributed by atoms with E-state index in [1.807, 2.05) is 32.1 Å². The Kier molecular flexibility index (Phi) is 4.05. The summed E-state index contributed by atoms with van der Waals surface area (Å²) in [6.07, 6.45) is 1.86. The van der Waals surface area contributed by atoms with Crippen molar-refractivity contribution >= 4 is 34.3 Å². The summed E-state index contributed by atoms with van der Waals surface area (Å²) in [5.74, 6) is -0.306. The van der Waals surface area contributed by atoms with Crippen LogP contribution in [-0.2, 0) is 4.74 Å². The van der Waals surface area contributed by atoms with Crippen LogP contribution in [-0.4, -0.2) is 22.5 Å². The standard InChI is InChI=1S/C18H18N2O2S/c1-5-13-10(3)19-15-8-7-12(9-14(13)15)17-20-11(4)16(23-17)18(21)22-6-2/h5,7-9,19H,1,6H2,2-4H3. The lowest BCUT2D eigenvalue weighted by molar-refractivity contribution is 0.0531. The number of aryl methyl sites for hydroxylation is 2. The molecule has 118 valence electrons. The molecule has 3 aromatic rings. The van der Waals surface area contributed by atoms with Crippen LogP contribution in [0.4, 0.5) is 0 Å². The summed E-state index contributed by atoms with van der Waals surface area (Å²) in [5.41, 5.74) is 4.96. The van der Waals surface area contributed by atoms with Gasteiger partial charge in [0.25, 0.3) is 0 Å². The minimum absolute atomic E-state index is 0.306. The highest BCUT2D eigenvalue weighted by molar-refractivity contribution is 7.17. The van der Waals surface area contributed by atoms with Crippen molar-refractivity contribution in [2.24, 2.45) is 0 Å². The summed E-state index contributed by atoms with van der Waals surface area (Å²) in [5, 5.41) is 1.93. The van der Waals surface area contributed by atoms with Crippen molar-refractivity contribution in [1.29, 1.82) is 0 Å². The number of carbonyl (C=O) groups excluding carboxylic acids is 1. The second-order valence-corrected chi connectivity index (χ2v) is 6.28. The number of nitrogens with zero attached hydrogens (tertiary/aromatic N) is 1. The number of benzene rings is 1. The maximum absolute atomic E-state index is 12.0. The van der Waals surface area contributed by atoms with Gasteiger partial charge in [0.1, 0.15) is 9.88 Å². The number of hydrogen-bond acceptors (Lipinski definition) is 4. The van der Waals surface area contributed by atoms with Gasteiger partial charge in [-0.1, -0.05) is 12.7 Å². The van der Waals surface area contributed by atoms with E-state index < -0.39 is 0 Å². The number of esters is 1. The molecular weight excluding hydrogens is 308 g/mol. The molecule has 0 atom stereocenters. The summed E-state index contributed by atoms with van der Waals surface area (Å²) >= 11 is 1.37. The van der Waals surface area contributed by atoms with Crippen molar-refractivity contribution in [2.45, 2.75) is 20.8 Å². The normalized spacial score (nSPS) is 10.9. The zero-order chi connectivity index (χ0) is 16.6. The Balaban J connectivity index is 2.08. The fraction of sp³-hybridized carbons (Fsp3) is 0.222. The number of carbonyl (C=O) groups is 1. The molecule has 0 saturated heterocycles. The summed E-state index contributed by atoms with van der Waals surface area (Å²) in [6, 6.07) is 6.13. The van der Waals surface area contributed by atoms with Crippen LogP contribution in [0.3, 0.4) is 0 Å². The number of H-pyrrole nitrogens is 1. The average molecular weight is 326 g/mol. The largest absolute Gasteiger partial charge is 0.462 e. The number of fused-ring (bicyclic) bond motifs is 1. The topological polar surface area (TPSA) is 55.0 Å². The Labute approximate surface area is 138 Å². The van der Waals surface area contributed by atoms with Gasteiger partial charge in [0.15, 0.2) is 0 Å². The molecule has 0 aliphatic rings. The minimum atomic E-state index is -0.306. The maximum Gasteiger partial charge on any atom is 0.350 e. The van der Waals surface area contributed by atoms with Crippen molar-refractivity contribution in [2.75, 3.05) is 6.61 Å². The second kappa shape index (κ2) is 6.01. The fourth-order valence-electron chi connectivity index (χ4n) is 2.65. The Bertz CT molecular complexity index is 905. The average Bonchev–Trinajstić information content (AvgIpc) is 3.06. The smallest absolute Gasteiger partial charge is 0.350 e. The summed E-state index contributed by atoms with van der Waals surface area (Å²) in [4.78, 5) is 20.4. The Hall–Kier alpha value is -2.40. The van der Waals surface area contributed by atoms with Gasteiger partial charge >= 0.3 is 5.97 Å². The molecule has 2 heterocycles. The van der Waals surface area contributed by atoms with E-state index in [1.165, 1.54) is 11.3 Å². The molecule has 4 nitrogen and oxygen atoms in total. The lowest BCUT2D eigenvalue weighted by atomic mass is 10.1. The molecule has 3 rings (SSSR count). The molecular formula is C18H18N2O2S. The Morgan fingerprint density at radius 3 is 2.91 bits per heavy atom. The monoisotopic (exact) mass is 326 g/mol. The summed E-state index contributed by atoms with van der Waals surface area (Å²) in [7, 11) is 0. The molecule has 23 heavy (non-hydrogen) atoms. The van der Waals surface area contributed by atoms with Gasteiger partial charge in [0.05, 0.1) is 12.3 Å². The molecule has 0 aliphatic carbocycles. The molecule has 0 saturated carbocycles. The summed E-state index contributed by atoms with van der Waals surface area (Å²) in [6.45, 7) is 9.91. The number of aromatic amines is 1. The lowest BCUT2D eigenvalue weighted by Crippen LogP contribution is -2.03. The third-order valence-corrected chi connectivity index (χ3v) is 4.93. The van der Waals surface area contributed by atoms with Crippen LogP contribution in [0.15, 0.2) is 24.8 Å². The van der Waals surface area contributed by atoms with Crippen LogP contribution < -0.4 is 0 Å². The van der Waals surface area contributed by atoms with Gasteiger partial charge in [-0.25, -0.2) is 9.78 Å². The maximum atomic E-state index is 12.0. The van der Waals surface area contributed by atoms with Gasteiger partial charge in [-0.2, -0.15) is 0 Å². The van der Waals surface area contributed by atoms with Gasteiger partial charge < -0.3 is 9.72 Å². The SMILES string of the molecule is C=Cc1c(C)[nH]c2ccc(-c3nc(C)c(C(=O)OCC)s3)cc12. The van der Waals surface area contributed by atoms with E-state index in [1.54, 1.807) is 6.92 Å². The van der Waals surface area contributed by atoms with E-state index in [4.69, 9.17) is 4.74 Å². The summed E-state index contributed by atoms with van der Waals surface area (Å²) < 4.78 is 5.08. The van der Waals surface area contributed by atoms with Gasteiger partial charge in [-0.15, -0.1) is 11.3 Å². The lowest BCUT2D eigenvalue weighted by Gasteiger charge is -1.99. The van der Waals surface area contributed by atoms with Crippen LogP contribution in [0.25, 0.3) is 27.6 Å². The van der Waals surface area contributed by atoms with Gasteiger partial charge in [0, 0.05) is 27.7 Å². The van der Waals surface area contributed by atoms with E-state index >= 15 is 0 Å².